The van der Waals surface area contributed by atoms with Crippen LogP contribution in [0.15, 0.2) is 53.2 Å². The number of fused-ring (bicyclic) bond motifs is 1. The maximum Gasteiger partial charge on any atom is 0.232 e. The molecule has 4 aromatic rings. The van der Waals surface area contributed by atoms with Crippen LogP contribution in [0, 0.1) is 5.82 Å². The van der Waals surface area contributed by atoms with Gasteiger partial charge in [-0.3, -0.25) is 4.90 Å². The molecule has 0 radical (unpaired) electrons. The van der Waals surface area contributed by atoms with Crippen molar-refractivity contribution in [3.05, 3.63) is 54.6 Å². The highest BCUT2D eigenvalue weighted by atomic mass is 19.1. The molecule has 0 atom stereocenters. The number of piperazine rings is 1. The minimum atomic E-state index is -0.317. The number of rotatable bonds is 7. The fourth-order valence-corrected chi connectivity index (χ4v) is 4.52. The van der Waals surface area contributed by atoms with E-state index in [2.05, 4.69) is 19.8 Å². The lowest BCUT2D eigenvalue weighted by Crippen LogP contribution is -2.47. The normalized spacial score (nSPS) is 14.5. The summed E-state index contributed by atoms with van der Waals surface area (Å²) in [5, 5.41) is 10.0. The minimum absolute atomic E-state index is 0.140. The van der Waals surface area contributed by atoms with E-state index in [9.17, 15) is 9.50 Å². The Morgan fingerprint density at radius 3 is 2.26 bits per heavy atom. The molecule has 0 bridgehead atoms. The van der Waals surface area contributed by atoms with E-state index in [4.69, 9.17) is 13.9 Å². The van der Waals surface area contributed by atoms with Crippen molar-refractivity contribution in [2.24, 2.45) is 0 Å². The van der Waals surface area contributed by atoms with E-state index in [1.165, 1.54) is 18.5 Å². The topological polar surface area (TPSA) is 84.1 Å². The number of nitrogens with zero attached hydrogens (tertiary/aromatic N) is 4. The van der Waals surface area contributed by atoms with Gasteiger partial charge in [-0.05, 0) is 29.8 Å². The number of aromatic nitrogens is 2. The molecule has 1 saturated heterocycles. The first-order valence-corrected chi connectivity index (χ1v) is 11.5. The number of methoxy groups -OCH3 is 2. The Hall–Kier alpha value is -3.69. The molecule has 9 heteroatoms. The summed E-state index contributed by atoms with van der Waals surface area (Å²) in [7, 11) is 3.19. The van der Waals surface area contributed by atoms with Gasteiger partial charge in [0, 0.05) is 49.9 Å². The molecule has 0 spiro atoms. The largest absolute Gasteiger partial charge is 0.497 e. The van der Waals surface area contributed by atoms with Gasteiger partial charge in [-0.1, -0.05) is 12.1 Å². The number of β-amino-alcohol motifs (C(OH)–C–C–N with tert-alkyl or cyclic N) is 1. The van der Waals surface area contributed by atoms with Crippen LogP contribution in [-0.2, 0) is 0 Å². The summed E-state index contributed by atoms with van der Waals surface area (Å²) in [5.41, 5.74) is 2.77. The molecule has 1 aliphatic rings. The number of furan rings is 1. The Morgan fingerprint density at radius 2 is 1.63 bits per heavy atom. The molecular weight excluding hydrogens is 451 g/mol. The van der Waals surface area contributed by atoms with Crippen LogP contribution < -0.4 is 14.4 Å². The molecule has 0 amide bonds. The summed E-state index contributed by atoms with van der Waals surface area (Å²) >= 11 is 0. The molecule has 0 saturated carbocycles. The Kier molecular flexibility index (Phi) is 6.52. The number of benzene rings is 2. The van der Waals surface area contributed by atoms with Crippen LogP contribution in [0.1, 0.15) is 0 Å². The number of aliphatic hydroxyl groups is 1. The van der Waals surface area contributed by atoms with Crippen molar-refractivity contribution in [2.45, 2.75) is 0 Å². The molecule has 35 heavy (non-hydrogen) atoms. The number of halogens is 1. The second kappa shape index (κ2) is 9.89. The Bertz CT molecular complexity index is 1290. The zero-order valence-electron chi connectivity index (χ0n) is 19.7. The van der Waals surface area contributed by atoms with E-state index in [1.54, 1.807) is 32.4 Å². The van der Waals surface area contributed by atoms with E-state index < -0.39 is 0 Å². The summed E-state index contributed by atoms with van der Waals surface area (Å²) in [6, 6.07) is 11.9. The van der Waals surface area contributed by atoms with Crippen LogP contribution in [0.2, 0.25) is 0 Å². The first-order valence-electron chi connectivity index (χ1n) is 11.5. The molecule has 3 heterocycles. The molecule has 1 aliphatic heterocycles. The van der Waals surface area contributed by atoms with Crippen molar-refractivity contribution in [1.29, 1.82) is 0 Å². The Labute approximate surface area is 202 Å². The van der Waals surface area contributed by atoms with Gasteiger partial charge in [-0.25, -0.2) is 14.4 Å². The quantitative estimate of drug-likeness (QED) is 0.429. The van der Waals surface area contributed by atoms with Crippen molar-refractivity contribution in [3.8, 4) is 33.9 Å². The molecule has 2 aromatic heterocycles. The lowest BCUT2D eigenvalue weighted by atomic mass is 9.98. The molecule has 5 rings (SSSR count). The van der Waals surface area contributed by atoms with E-state index >= 15 is 0 Å². The molecule has 1 fully saturated rings. The standard InChI is InChI=1S/C26H27FN4O4/c1-33-20-13-18(14-21(15-20)34-2)24-22(17-3-5-19(27)6-4-17)23-25(28-16-29-26(23)35-24)31-9-7-30(8-10-31)11-12-32/h3-6,13-16,32H,7-12H2,1-2H3. The predicted molar refractivity (Wildman–Crippen MR) is 131 cm³/mol. The second-order valence-corrected chi connectivity index (χ2v) is 8.34. The summed E-state index contributed by atoms with van der Waals surface area (Å²) in [6.45, 7) is 3.93. The van der Waals surface area contributed by atoms with Gasteiger partial charge in [0.15, 0.2) is 0 Å². The maximum atomic E-state index is 13.8. The highest BCUT2D eigenvalue weighted by Gasteiger charge is 2.27. The van der Waals surface area contributed by atoms with E-state index in [0.717, 1.165) is 54.1 Å². The van der Waals surface area contributed by atoms with Gasteiger partial charge in [-0.15, -0.1) is 0 Å². The average Bonchev–Trinajstić information content (AvgIpc) is 3.29. The van der Waals surface area contributed by atoms with Crippen molar-refractivity contribution in [2.75, 3.05) is 58.5 Å². The smallest absolute Gasteiger partial charge is 0.232 e. The van der Waals surface area contributed by atoms with Crippen molar-refractivity contribution >= 4 is 16.9 Å². The average molecular weight is 479 g/mol. The zero-order chi connectivity index (χ0) is 24.4. The number of hydrogen-bond donors (Lipinski definition) is 1. The van der Waals surface area contributed by atoms with E-state index in [-0.39, 0.29) is 12.4 Å². The number of aliphatic hydroxyl groups excluding tert-OH is 1. The molecule has 8 nitrogen and oxygen atoms in total. The van der Waals surface area contributed by atoms with Crippen LogP contribution >= 0.6 is 0 Å². The third-order valence-corrected chi connectivity index (χ3v) is 6.30. The highest BCUT2D eigenvalue weighted by molar-refractivity contribution is 6.06. The van der Waals surface area contributed by atoms with Gasteiger partial charge in [0.2, 0.25) is 5.71 Å². The van der Waals surface area contributed by atoms with Crippen molar-refractivity contribution in [1.82, 2.24) is 14.9 Å². The Morgan fingerprint density at radius 1 is 0.943 bits per heavy atom. The van der Waals surface area contributed by atoms with Crippen LogP contribution in [0.5, 0.6) is 11.5 Å². The number of anilines is 1. The first-order chi connectivity index (χ1) is 17.1. The van der Waals surface area contributed by atoms with Crippen LogP contribution in [0.4, 0.5) is 10.2 Å². The molecule has 182 valence electrons. The molecule has 2 aromatic carbocycles. The van der Waals surface area contributed by atoms with Gasteiger partial charge in [0.25, 0.3) is 0 Å². The third-order valence-electron chi connectivity index (χ3n) is 6.30. The van der Waals surface area contributed by atoms with Crippen LogP contribution in [-0.4, -0.2) is 73.5 Å². The third kappa shape index (κ3) is 4.52. The van der Waals surface area contributed by atoms with Gasteiger partial charge >= 0.3 is 0 Å². The molecule has 0 unspecified atom stereocenters. The minimum Gasteiger partial charge on any atom is -0.497 e. The fourth-order valence-electron chi connectivity index (χ4n) is 4.52. The van der Waals surface area contributed by atoms with Gasteiger partial charge < -0.3 is 23.9 Å². The van der Waals surface area contributed by atoms with E-state index in [1.807, 2.05) is 12.1 Å². The lowest BCUT2D eigenvalue weighted by molar-refractivity contribution is 0.188. The first kappa shape index (κ1) is 23.1. The van der Waals surface area contributed by atoms with Gasteiger partial charge in [0.1, 0.15) is 35.2 Å². The number of ether oxygens (including phenoxy) is 2. The van der Waals surface area contributed by atoms with E-state index in [0.29, 0.717) is 29.5 Å². The fraction of sp³-hybridized carbons (Fsp3) is 0.308. The van der Waals surface area contributed by atoms with Gasteiger partial charge in [-0.2, -0.15) is 0 Å². The molecular formula is C26H27FN4O4. The SMILES string of the molecule is COc1cc(OC)cc(-c2oc3ncnc(N4CCN(CCO)CC4)c3c2-c2ccc(F)cc2)c1. The monoisotopic (exact) mass is 478 g/mol. The van der Waals surface area contributed by atoms with Crippen LogP contribution in [0.3, 0.4) is 0 Å². The molecule has 1 N–H and O–H groups in total. The van der Waals surface area contributed by atoms with Gasteiger partial charge in [0.05, 0.1) is 26.2 Å². The summed E-state index contributed by atoms with van der Waals surface area (Å²) in [5.74, 6) is 2.27. The maximum absolute atomic E-state index is 13.8. The molecule has 0 aliphatic carbocycles. The van der Waals surface area contributed by atoms with Crippen LogP contribution in [0.25, 0.3) is 33.6 Å². The summed E-state index contributed by atoms with van der Waals surface area (Å²) in [6.07, 6.45) is 1.51. The van der Waals surface area contributed by atoms with Crippen molar-refractivity contribution in [3.63, 3.8) is 0 Å². The lowest BCUT2D eigenvalue weighted by Gasteiger charge is -2.35. The highest BCUT2D eigenvalue weighted by Crippen LogP contribution is 2.45. The number of hydrogen-bond acceptors (Lipinski definition) is 8. The summed E-state index contributed by atoms with van der Waals surface area (Å²) in [4.78, 5) is 13.5. The zero-order valence-corrected chi connectivity index (χ0v) is 19.7. The summed E-state index contributed by atoms with van der Waals surface area (Å²) < 4.78 is 31.1. The Balaban J connectivity index is 1.70. The second-order valence-electron chi connectivity index (χ2n) is 8.34. The van der Waals surface area contributed by atoms with Crippen molar-refractivity contribution < 1.29 is 23.4 Å². The predicted octanol–water partition coefficient (Wildman–Crippen LogP) is 3.83.